The first-order valence-corrected chi connectivity index (χ1v) is 8.02. The van der Waals surface area contributed by atoms with E-state index in [-0.39, 0.29) is 23.6 Å². The predicted molar refractivity (Wildman–Crippen MR) is 74.4 cm³/mol. The van der Waals surface area contributed by atoms with E-state index in [9.17, 15) is 13.2 Å². The van der Waals surface area contributed by atoms with E-state index >= 15 is 0 Å². The third kappa shape index (κ3) is 3.60. The molecule has 1 amide bonds. The number of pyridine rings is 1. The Balaban J connectivity index is 2.44. The van der Waals surface area contributed by atoms with Gasteiger partial charge >= 0.3 is 0 Å². The first-order valence-electron chi connectivity index (χ1n) is 6.13. The van der Waals surface area contributed by atoms with Crippen molar-refractivity contribution in [2.24, 2.45) is 0 Å². The minimum absolute atomic E-state index is 0.0213. The number of nitrogens with one attached hydrogen (secondary N) is 1. The molecule has 0 atom stereocenters. The zero-order valence-corrected chi connectivity index (χ0v) is 12.4. The highest BCUT2D eigenvalue weighted by molar-refractivity contribution is 7.92. The summed E-state index contributed by atoms with van der Waals surface area (Å²) >= 11 is 0. The third-order valence-electron chi connectivity index (χ3n) is 2.63. The third-order valence-corrected chi connectivity index (χ3v) is 3.20. The van der Waals surface area contributed by atoms with Gasteiger partial charge in [-0.3, -0.25) is 9.52 Å². The lowest BCUT2D eigenvalue weighted by Crippen LogP contribution is -2.23. The fourth-order valence-electron chi connectivity index (χ4n) is 1.58. The van der Waals surface area contributed by atoms with Gasteiger partial charge in [-0.2, -0.15) is 0 Å². The molecule has 1 saturated carbocycles. The van der Waals surface area contributed by atoms with E-state index in [4.69, 9.17) is 4.74 Å². The van der Waals surface area contributed by atoms with Gasteiger partial charge in [-0.15, -0.1) is 0 Å². The van der Waals surface area contributed by atoms with Gasteiger partial charge in [0.15, 0.2) is 11.6 Å². The van der Waals surface area contributed by atoms with Crippen molar-refractivity contribution in [1.29, 1.82) is 0 Å². The van der Waals surface area contributed by atoms with Crippen molar-refractivity contribution in [1.82, 2.24) is 9.88 Å². The Kier molecular flexibility index (Phi) is 3.85. The Labute approximate surface area is 118 Å². The topological polar surface area (TPSA) is 88.6 Å². The molecule has 1 fully saturated rings. The highest BCUT2D eigenvalue weighted by Crippen LogP contribution is 2.34. The molecule has 2 rings (SSSR count). The van der Waals surface area contributed by atoms with Crippen LogP contribution in [-0.4, -0.2) is 50.7 Å². The van der Waals surface area contributed by atoms with Crippen molar-refractivity contribution in [2.45, 2.75) is 18.9 Å². The van der Waals surface area contributed by atoms with E-state index in [0.717, 1.165) is 19.1 Å². The zero-order valence-electron chi connectivity index (χ0n) is 11.6. The molecule has 1 heterocycles. The lowest BCUT2D eigenvalue weighted by molar-refractivity contribution is 0.0822. The van der Waals surface area contributed by atoms with Gasteiger partial charge in [0, 0.05) is 20.3 Å². The van der Waals surface area contributed by atoms with Crippen LogP contribution in [0.3, 0.4) is 0 Å². The van der Waals surface area contributed by atoms with Crippen LogP contribution in [0.5, 0.6) is 5.75 Å². The molecule has 1 N–H and O–H groups in total. The van der Waals surface area contributed by atoms with Crippen LogP contribution in [0.2, 0.25) is 0 Å². The molecule has 0 bridgehead atoms. The average Bonchev–Trinajstić information content (AvgIpc) is 3.12. The van der Waals surface area contributed by atoms with Crippen molar-refractivity contribution >= 4 is 21.7 Å². The van der Waals surface area contributed by atoms with E-state index in [1.165, 1.54) is 17.2 Å². The number of hydrogen-bond donors (Lipinski definition) is 1. The molecule has 0 saturated heterocycles. The molecule has 0 aliphatic heterocycles. The molecule has 0 spiro atoms. The van der Waals surface area contributed by atoms with Gasteiger partial charge in [0.05, 0.1) is 17.9 Å². The smallest absolute Gasteiger partial charge is 0.257 e. The van der Waals surface area contributed by atoms with Crippen molar-refractivity contribution < 1.29 is 17.9 Å². The van der Waals surface area contributed by atoms with Crippen molar-refractivity contribution in [3.8, 4) is 5.75 Å². The molecule has 0 radical (unpaired) electrons. The number of amides is 1. The number of ether oxygens (including phenoxy) is 1. The summed E-state index contributed by atoms with van der Waals surface area (Å²) < 4.78 is 30.7. The number of carbonyl (C=O) groups is 1. The predicted octanol–water partition coefficient (Wildman–Crippen LogP) is 0.696. The van der Waals surface area contributed by atoms with Gasteiger partial charge in [0.2, 0.25) is 10.0 Å². The summed E-state index contributed by atoms with van der Waals surface area (Å²) in [6.45, 7) is 0. The first-order chi connectivity index (χ1) is 9.28. The lowest BCUT2D eigenvalue weighted by Gasteiger charge is -2.17. The molecular weight excluding hydrogens is 282 g/mol. The molecular formula is C12H17N3O4S. The number of aromatic nitrogens is 1. The van der Waals surface area contributed by atoms with Crippen LogP contribution in [-0.2, 0) is 10.0 Å². The number of carbonyl (C=O) groups excluding carboxylic acids is 1. The SMILES string of the molecule is CN(C)C(=O)c1ccnc(NS(C)(=O)=O)c1OC1CC1. The molecule has 0 aromatic carbocycles. The minimum Gasteiger partial charge on any atom is -0.486 e. The number of anilines is 1. The Morgan fingerprint density at radius 1 is 1.45 bits per heavy atom. The number of hydrogen-bond acceptors (Lipinski definition) is 5. The summed E-state index contributed by atoms with van der Waals surface area (Å²) in [5.41, 5.74) is 0.294. The molecule has 0 unspecified atom stereocenters. The largest absolute Gasteiger partial charge is 0.486 e. The van der Waals surface area contributed by atoms with Crippen molar-refractivity contribution in [3.05, 3.63) is 17.8 Å². The van der Waals surface area contributed by atoms with Gasteiger partial charge in [-0.1, -0.05) is 0 Å². The Hall–Kier alpha value is -1.83. The average molecular weight is 299 g/mol. The Morgan fingerprint density at radius 3 is 2.60 bits per heavy atom. The second-order valence-corrected chi connectivity index (χ2v) is 6.68. The van der Waals surface area contributed by atoms with Crippen LogP contribution in [0.15, 0.2) is 12.3 Å². The maximum Gasteiger partial charge on any atom is 0.257 e. The van der Waals surface area contributed by atoms with Gasteiger partial charge in [-0.25, -0.2) is 13.4 Å². The van der Waals surface area contributed by atoms with Gasteiger partial charge in [0.1, 0.15) is 0 Å². The number of rotatable bonds is 5. The van der Waals surface area contributed by atoms with Gasteiger partial charge in [0.25, 0.3) is 5.91 Å². The van der Waals surface area contributed by atoms with E-state index in [0.29, 0.717) is 5.56 Å². The van der Waals surface area contributed by atoms with Crippen LogP contribution in [0.25, 0.3) is 0 Å². The molecule has 1 aromatic rings. The summed E-state index contributed by atoms with van der Waals surface area (Å²) in [6.07, 6.45) is 4.21. The monoisotopic (exact) mass is 299 g/mol. The maximum absolute atomic E-state index is 12.1. The number of sulfonamides is 1. The number of nitrogens with zero attached hydrogens (tertiary/aromatic N) is 2. The summed E-state index contributed by atoms with van der Waals surface area (Å²) in [7, 11) is -0.258. The lowest BCUT2D eigenvalue weighted by atomic mass is 10.2. The van der Waals surface area contributed by atoms with Gasteiger partial charge < -0.3 is 9.64 Å². The van der Waals surface area contributed by atoms with E-state index in [1.54, 1.807) is 14.1 Å². The molecule has 20 heavy (non-hydrogen) atoms. The fourth-order valence-corrected chi connectivity index (χ4v) is 2.07. The van der Waals surface area contributed by atoms with Crippen LogP contribution < -0.4 is 9.46 Å². The molecule has 1 aliphatic carbocycles. The van der Waals surface area contributed by atoms with Crippen LogP contribution in [0.1, 0.15) is 23.2 Å². The molecule has 8 heteroatoms. The highest BCUT2D eigenvalue weighted by Gasteiger charge is 2.29. The summed E-state index contributed by atoms with van der Waals surface area (Å²) in [6, 6.07) is 1.52. The summed E-state index contributed by atoms with van der Waals surface area (Å²) in [4.78, 5) is 17.5. The zero-order chi connectivity index (χ0) is 14.9. The minimum atomic E-state index is -3.50. The summed E-state index contributed by atoms with van der Waals surface area (Å²) in [5, 5.41) is 0. The summed E-state index contributed by atoms with van der Waals surface area (Å²) in [5.74, 6) is -0.0224. The fraction of sp³-hybridized carbons (Fsp3) is 0.500. The quantitative estimate of drug-likeness (QED) is 0.864. The molecule has 7 nitrogen and oxygen atoms in total. The van der Waals surface area contributed by atoms with E-state index < -0.39 is 10.0 Å². The second kappa shape index (κ2) is 5.28. The Bertz CT molecular complexity index is 624. The standard InChI is InChI=1S/C12H17N3O4S/c1-15(2)12(16)9-6-7-13-11(14-20(3,17)18)10(9)19-8-4-5-8/h6-8H,4-5H2,1-3H3,(H,13,14). The van der Waals surface area contributed by atoms with Gasteiger partial charge in [-0.05, 0) is 18.9 Å². The molecule has 1 aliphatic rings. The highest BCUT2D eigenvalue weighted by atomic mass is 32.2. The van der Waals surface area contributed by atoms with E-state index in [1.807, 2.05) is 0 Å². The van der Waals surface area contributed by atoms with Crippen LogP contribution in [0, 0.1) is 0 Å². The molecule has 1 aromatic heterocycles. The second-order valence-electron chi connectivity index (χ2n) is 4.93. The van der Waals surface area contributed by atoms with Crippen molar-refractivity contribution in [3.63, 3.8) is 0 Å². The van der Waals surface area contributed by atoms with Crippen LogP contribution in [0.4, 0.5) is 5.82 Å². The van der Waals surface area contributed by atoms with E-state index in [2.05, 4.69) is 9.71 Å². The Morgan fingerprint density at radius 2 is 2.10 bits per heavy atom. The molecule has 110 valence electrons. The first kappa shape index (κ1) is 14.6. The van der Waals surface area contributed by atoms with Crippen LogP contribution >= 0.6 is 0 Å². The maximum atomic E-state index is 12.1. The normalized spacial score (nSPS) is 14.8. The van der Waals surface area contributed by atoms with Crippen molar-refractivity contribution in [2.75, 3.05) is 25.1 Å².